The van der Waals surface area contributed by atoms with E-state index in [2.05, 4.69) is 20.3 Å². The van der Waals surface area contributed by atoms with Crippen molar-refractivity contribution in [3.63, 3.8) is 0 Å². The van der Waals surface area contributed by atoms with Gasteiger partial charge in [-0.3, -0.25) is 4.79 Å². The zero-order chi connectivity index (χ0) is 18.1. The summed E-state index contributed by atoms with van der Waals surface area (Å²) in [6, 6.07) is 8.68. The Labute approximate surface area is 146 Å². The molecule has 0 saturated carbocycles. The van der Waals surface area contributed by atoms with Crippen molar-refractivity contribution >= 4 is 34.7 Å². The van der Waals surface area contributed by atoms with Crippen LogP contribution in [0.25, 0.3) is 17.1 Å². The number of hydrogen-bond acceptors (Lipinski definition) is 6. The van der Waals surface area contributed by atoms with Gasteiger partial charge in [0.1, 0.15) is 11.5 Å². The molecule has 0 spiro atoms. The number of pyridine rings is 2. The maximum Gasteiger partial charge on any atom is 0.345 e. The monoisotopic (exact) mass is 348 g/mol. The van der Waals surface area contributed by atoms with Crippen molar-refractivity contribution in [1.82, 2.24) is 15.0 Å². The normalized spacial score (nSPS) is 15.5. The third-order valence-electron chi connectivity index (χ3n) is 3.78. The summed E-state index contributed by atoms with van der Waals surface area (Å²) >= 11 is 0. The molecule has 26 heavy (non-hydrogen) atoms. The number of nitrogens with zero attached hydrogens (tertiary/aromatic N) is 2. The summed E-state index contributed by atoms with van der Waals surface area (Å²) in [4.78, 5) is 35.2. The number of hydrogen-bond donors (Lipinski definition) is 3. The van der Waals surface area contributed by atoms with E-state index in [9.17, 15) is 14.7 Å². The van der Waals surface area contributed by atoms with E-state index >= 15 is 0 Å². The highest BCUT2D eigenvalue weighted by molar-refractivity contribution is 6.26. The molecule has 4 heterocycles. The first kappa shape index (κ1) is 15.6. The number of aromatic amines is 1. The Hall–Kier alpha value is -3.94. The van der Waals surface area contributed by atoms with Gasteiger partial charge in [-0.05, 0) is 30.3 Å². The molecule has 0 atom stereocenters. The summed E-state index contributed by atoms with van der Waals surface area (Å²) < 4.78 is 5.50. The van der Waals surface area contributed by atoms with Gasteiger partial charge in [0.25, 0.3) is 0 Å². The van der Waals surface area contributed by atoms with Crippen LogP contribution in [0, 0.1) is 0 Å². The molecule has 128 valence electrons. The van der Waals surface area contributed by atoms with Crippen LogP contribution in [0.1, 0.15) is 5.56 Å². The second-order valence-electron chi connectivity index (χ2n) is 5.43. The number of carbonyl (C=O) groups is 2. The number of fused-ring (bicyclic) bond motifs is 1. The standard InChI is InChI=1S/C18H12N4O4/c23-15-12(8-10-9-21-16-11(10)4-3-7-20-16)26-17(14(15)18(24)25)22-13-5-1-2-6-19-13/h1-9H,(H,19,22)(H,20,21)(H,24,25). The molecule has 8 heteroatoms. The second kappa shape index (κ2) is 6.17. The lowest BCUT2D eigenvalue weighted by Crippen LogP contribution is -2.12. The van der Waals surface area contributed by atoms with Gasteiger partial charge < -0.3 is 20.1 Å². The quantitative estimate of drug-likeness (QED) is 0.489. The number of anilines is 1. The third kappa shape index (κ3) is 2.69. The van der Waals surface area contributed by atoms with Gasteiger partial charge in [0, 0.05) is 29.5 Å². The zero-order valence-electron chi connectivity index (χ0n) is 13.3. The zero-order valence-corrected chi connectivity index (χ0v) is 13.3. The Balaban J connectivity index is 1.70. The first-order chi connectivity index (χ1) is 12.6. The van der Waals surface area contributed by atoms with Crippen LogP contribution in [0.4, 0.5) is 5.82 Å². The predicted molar refractivity (Wildman–Crippen MR) is 92.7 cm³/mol. The van der Waals surface area contributed by atoms with Crippen molar-refractivity contribution in [2.75, 3.05) is 5.32 Å². The fourth-order valence-electron chi connectivity index (χ4n) is 2.60. The fourth-order valence-corrected chi connectivity index (χ4v) is 2.60. The molecule has 0 bridgehead atoms. The lowest BCUT2D eigenvalue weighted by Gasteiger charge is -2.06. The van der Waals surface area contributed by atoms with E-state index in [4.69, 9.17) is 4.74 Å². The number of carbonyl (C=O) groups excluding carboxylic acids is 1. The molecule has 0 aliphatic carbocycles. The van der Waals surface area contributed by atoms with Crippen LogP contribution in [-0.4, -0.2) is 31.8 Å². The van der Waals surface area contributed by atoms with Gasteiger partial charge in [0.05, 0.1) is 0 Å². The number of carboxylic acids is 1. The van der Waals surface area contributed by atoms with Gasteiger partial charge in [0.15, 0.2) is 11.3 Å². The molecule has 4 rings (SSSR count). The van der Waals surface area contributed by atoms with E-state index in [1.54, 1.807) is 36.7 Å². The van der Waals surface area contributed by atoms with Crippen molar-refractivity contribution < 1.29 is 19.4 Å². The Morgan fingerprint density at radius 3 is 2.81 bits per heavy atom. The van der Waals surface area contributed by atoms with Crippen LogP contribution < -0.4 is 5.32 Å². The van der Waals surface area contributed by atoms with Gasteiger partial charge in [-0.1, -0.05) is 6.07 Å². The van der Waals surface area contributed by atoms with Gasteiger partial charge in [-0.15, -0.1) is 0 Å². The number of Topliss-reactive ketones (excluding diaryl/α,β-unsaturated/α-hetero) is 1. The predicted octanol–water partition coefficient (Wildman–Crippen LogP) is 2.31. The van der Waals surface area contributed by atoms with Crippen molar-refractivity contribution in [2.24, 2.45) is 0 Å². The Morgan fingerprint density at radius 2 is 2.04 bits per heavy atom. The largest absolute Gasteiger partial charge is 0.477 e. The molecule has 0 saturated heterocycles. The summed E-state index contributed by atoms with van der Waals surface area (Å²) in [5.74, 6) is -1.98. The number of rotatable bonds is 4. The average Bonchev–Trinajstić information content (AvgIpc) is 3.18. The number of ketones is 1. The van der Waals surface area contributed by atoms with E-state index in [0.29, 0.717) is 17.0 Å². The smallest absolute Gasteiger partial charge is 0.345 e. The van der Waals surface area contributed by atoms with Crippen LogP contribution in [0.2, 0.25) is 0 Å². The molecule has 8 nitrogen and oxygen atoms in total. The SMILES string of the molecule is O=C(O)C1=C(Nc2ccccn2)OC(=Cc2c[nH]c3ncccc23)C1=O. The highest BCUT2D eigenvalue weighted by Crippen LogP contribution is 2.29. The third-order valence-corrected chi connectivity index (χ3v) is 3.78. The second-order valence-corrected chi connectivity index (χ2v) is 5.43. The Kier molecular flexibility index (Phi) is 3.70. The molecule has 0 aromatic carbocycles. The molecule has 3 N–H and O–H groups in total. The first-order valence-electron chi connectivity index (χ1n) is 7.65. The number of nitrogens with one attached hydrogen (secondary N) is 2. The minimum Gasteiger partial charge on any atom is -0.477 e. The topological polar surface area (TPSA) is 117 Å². The lowest BCUT2D eigenvalue weighted by molar-refractivity contribution is -0.134. The fraction of sp³-hybridized carbons (Fsp3) is 0. The highest BCUT2D eigenvalue weighted by Gasteiger charge is 2.36. The number of aliphatic carboxylic acids is 1. The van der Waals surface area contributed by atoms with E-state index < -0.39 is 17.3 Å². The minimum atomic E-state index is -1.38. The lowest BCUT2D eigenvalue weighted by atomic mass is 10.1. The van der Waals surface area contributed by atoms with Crippen molar-refractivity contribution in [1.29, 1.82) is 0 Å². The Morgan fingerprint density at radius 1 is 1.19 bits per heavy atom. The first-order valence-corrected chi connectivity index (χ1v) is 7.65. The van der Waals surface area contributed by atoms with Crippen LogP contribution in [0.15, 0.2) is 66.1 Å². The maximum atomic E-state index is 12.5. The molecular weight excluding hydrogens is 336 g/mol. The van der Waals surface area contributed by atoms with Gasteiger partial charge in [0.2, 0.25) is 11.7 Å². The molecule has 0 unspecified atom stereocenters. The molecule has 0 fully saturated rings. The summed E-state index contributed by atoms with van der Waals surface area (Å²) in [5.41, 5.74) is 0.850. The van der Waals surface area contributed by atoms with Crippen LogP contribution >= 0.6 is 0 Å². The molecule has 0 radical (unpaired) electrons. The van der Waals surface area contributed by atoms with Crippen LogP contribution in [0.5, 0.6) is 0 Å². The minimum absolute atomic E-state index is 0.0921. The van der Waals surface area contributed by atoms with Crippen molar-refractivity contribution in [3.8, 4) is 0 Å². The molecular formula is C18H12N4O4. The van der Waals surface area contributed by atoms with Crippen molar-refractivity contribution in [3.05, 3.63) is 71.7 Å². The number of carboxylic acid groups (broad SMARTS) is 1. The van der Waals surface area contributed by atoms with Crippen LogP contribution in [-0.2, 0) is 14.3 Å². The molecule has 1 aliphatic rings. The van der Waals surface area contributed by atoms with E-state index in [1.807, 2.05) is 6.07 Å². The van der Waals surface area contributed by atoms with Crippen molar-refractivity contribution in [2.45, 2.75) is 0 Å². The Bertz CT molecular complexity index is 1080. The summed E-state index contributed by atoms with van der Waals surface area (Å²) in [5, 5.41) is 12.9. The average molecular weight is 348 g/mol. The number of aromatic nitrogens is 3. The summed E-state index contributed by atoms with van der Waals surface area (Å²) in [6.07, 6.45) is 6.34. The highest BCUT2D eigenvalue weighted by atomic mass is 16.5. The maximum absolute atomic E-state index is 12.5. The number of H-pyrrole nitrogens is 1. The number of allylic oxidation sites excluding steroid dienone is 1. The van der Waals surface area contributed by atoms with Crippen LogP contribution in [0.3, 0.4) is 0 Å². The van der Waals surface area contributed by atoms with E-state index in [1.165, 1.54) is 12.3 Å². The molecule has 1 aliphatic heterocycles. The van der Waals surface area contributed by atoms with Gasteiger partial charge >= 0.3 is 5.97 Å². The number of ether oxygens (including phenoxy) is 1. The summed E-state index contributed by atoms with van der Waals surface area (Å²) in [7, 11) is 0. The molecule has 3 aromatic rings. The molecule has 0 amide bonds. The summed E-state index contributed by atoms with van der Waals surface area (Å²) in [6.45, 7) is 0. The van der Waals surface area contributed by atoms with E-state index in [-0.39, 0.29) is 11.6 Å². The van der Waals surface area contributed by atoms with Gasteiger partial charge in [-0.25, -0.2) is 14.8 Å². The van der Waals surface area contributed by atoms with E-state index in [0.717, 1.165) is 5.39 Å². The van der Waals surface area contributed by atoms with Gasteiger partial charge in [-0.2, -0.15) is 0 Å². The molecule has 3 aromatic heterocycles.